The van der Waals surface area contributed by atoms with Gasteiger partial charge in [-0.1, -0.05) is 24.6 Å². The predicted molar refractivity (Wildman–Crippen MR) is 77.5 cm³/mol. The van der Waals surface area contributed by atoms with E-state index in [1.54, 1.807) is 0 Å². The first kappa shape index (κ1) is 12.4. The lowest BCUT2D eigenvalue weighted by Gasteiger charge is -2.23. The van der Waals surface area contributed by atoms with E-state index in [1.807, 2.05) is 24.4 Å². The van der Waals surface area contributed by atoms with Gasteiger partial charge in [-0.15, -0.1) is 0 Å². The minimum absolute atomic E-state index is 0.627. The number of ether oxygens (including phenoxy) is 1. The highest BCUT2D eigenvalue weighted by molar-refractivity contribution is 5.79. The van der Waals surface area contributed by atoms with Gasteiger partial charge in [-0.3, -0.25) is 4.98 Å². The highest BCUT2D eigenvalue weighted by Gasteiger charge is 2.12. The maximum atomic E-state index is 5.81. The molecule has 1 atom stereocenters. The zero-order chi connectivity index (χ0) is 12.9. The molecule has 1 aliphatic heterocycles. The molecule has 1 saturated heterocycles. The molecule has 2 heterocycles. The van der Waals surface area contributed by atoms with Crippen molar-refractivity contribution in [1.82, 2.24) is 10.3 Å². The van der Waals surface area contributed by atoms with Crippen molar-refractivity contribution in [2.75, 3.05) is 13.2 Å². The number of fused-ring (bicyclic) bond motifs is 1. The molecule has 1 aromatic carbocycles. The van der Waals surface area contributed by atoms with Crippen LogP contribution in [-0.2, 0) is 0 Å². The summed E-state index contributed by atoms with van der Waals surface area (Å²) in [7, 11) is 0. The predicted octanol–water partition coefficient (Wildman–Crippen LogP) is 3.15. The van der Waals surface area contributed by atoms with Crippen molar-refractivity contribution in [3.63, 3.8) is 0 Å². The summed E-state index contributed by atoms with van der Waals surface area (Å²) in [6.45, 7) is 1.92. The average molecular weight is 256 g/mol. The molecule has 1 unspecified atom stereocenters. The third kappa shape index (κ3) is 3.24. The van der Waals surface area contributed by atoms with Crippen molar-refractivity contribution in [2.24, 2.45) is 0 Å². The summed E-state index contributed by atoms with van der Waals surface area (Å²) < 4.78 is 5.81. The van der Waals surface area contributed by atoms with E-state index in [0.717, 1.165) is 36.2 Å². The molecule has 2 aromatic rings. The van der Waals surface area contributed by atoms with Crippen LogP contribution in [0.5, 0.6) is 5.75 Å². The molecular formula is C16H20N2O. The highest BCUT2D eigenvalue weighted by atomic mass is 16.5. The van der Waals surface area contributed by atoms with Crippen molar-refractivity contribution in [3.8, 4) is 5.75 Å². The van der Waals surface area contributed by atoms with Gasteiger partial charge in [0.1, 0.15) is 5.75 Å². The second-order valence-electron chi connectivity index (χ2n) is 5.15. The van der Waals surface area contributed by atoms with Crippen molar-refractivity contribution in [2.45, 2.75) is 31.7 Å². The van der Waals surface area contributed by atoms with E-state index in [1.165, 1.54) is 19.3 Å². The molecule has 3 heteroatoms. The van der Waals surface area contributed by atoms with Gasteiger partial charge in [0.05, 0.1) is 18.3 Å². The number of pyridine rings is 1. The van der Waals surface area contributed by atoms with Crippen LogP contribution >= 0.6 is 0 Å². The molecule has 0 saturated carbocycles. The van der Waals surface area contributed by atoms with Crippen LogP contribution in [0.25, 0.3) is 10.9 Å². The van der Waals surface area contributed by atoms with Crippen molar-refractivity contribution in [3.05, 3.63) is 36.5 Å². The molecule has 1 fully saturated rings. The van der Waals surface area contributed by atoms with Crippen LogP contribution in [0.2, 0.25) is 0 Å². The van der Waals surface area contributed by atoms with Crippen molar-refractivity contribution >= 4 is 10.9 Å². The monoisotopic (exact) mass is 256 g/mol. The first-order chi connectivity index (χ1) is 9.42. The minimum Gasteiger partial charge on any atom is -0.492 e. The van der Waals surface area contributed by atoms with Gasteiger partial charge in [0.2, 0.25) is 0 Å². The molecule has 0 spiro atoms. The van der Waals surface area contributed by atoms with Gasteiger partial charge >= 0.3 is 0 Å². The quantitative estimate of drug-likeness (QED) is 0.912. The zero-order valence-electron chi connectivity index (χ0n) is 11.1. The Morgan fingerprint density at radius 2 is 2.21 bits per heavy atom. The number of hydrogen-bond donors (Lipinski definition) is 1. The molecule has 100 valence electrons. The summed E-state index contributed by atoms with van der Waals surface area (Å²) in [5, 5.41) is 4.67. The molecular weight excluding hydrogens is 236 g/mol. The highest BCUT2D eigenvalue weighted by Crippen LogP contribution is 2.18. The van der Waals surface area contributed by atoms with Gasteiger partial charge in [-0.05, 0) is 37.9 Å². The summed E-state index contributed by atoms with van der Waals surface area (Å²) in [5.41, 5.74) is 1.02. The Hall–Kier alpha value is -1.61. The maximum Gasteiger partial charge on any atom is 0.138 e. The van der Waals surface area contributed by atoms with Crippen LogP contribution in [0.15, 0.2) is 36.5 Å². The van der Waals surface area contributed by atoms with E-state index in [0.29, 0.717) is 6.04 Å². The van der Waals surface area contributed by atoms with Gasteiger partial charge in [0.15, 0.2) is 0 Å². The SMILES string of the molecule is c1ccc2ncc(OCCC3CCCCN3)cc2c1. The summed E-state index contributed by atoms with van der Waals surface area (Å²) in [6, 6.07) is 10.8. The fourth-order valence-corrected chi connectivity index (χ4v) is 2.62. The average Bonchev–Trinajstić information content (AvgIpc) is 2.48. The van der Waals surface area contributed by atoms with Crippen LogP contribution in [0.1, 0.15) is 25.7 Å². The van der Waals surface area contributed by atoms with E-state index >= 15 is 0 Å². The summed E-state index contributed by atoms with van der Waals surface area (Å²) in [4.78, 5) is 4.41. The van der Waals surface area contributed by atoms with Crippen molar-refractivity contribution in [1.29, 1.82) is 0 Å². The number of nitrogens with one attached hydrogen (secondary N) is 1. The first-order valence-corrected chi connectivity index (χ1v) is 7.13. The lowest BCUT2D eigenvalue weighted by Crippen LogP contribution is -2.35. The van der Waals surface area contributed by atoms with E-state index in [4.69, 9.17) is 4.74 Å². The normalized spacial score (nSPS) is 19.5. The number of hydrogen-bond acceptors (Lipinski definition) is 3. The van der Waals surface area contributed by atoms with Crippen molar-refractivity contribution < 1.29 is 4.74 Å². The largest absolute Gasteiger partial charge is 0.492 e. The second kappa shape index (κ2) is 6.02. The Labute approximate surface area is 114 Å². The number of benzene rings is 1. The number of piperidine rings is 1. The topological polar surface area (TPSA) is 34.1 Å². The fraction of sp³-hybridized carbons (Fsp3) is 0.438. The summed E-state index contributed by atoms with van der Waals surface area (Å²) in [6.07, 6.45) is 6.82. The molecule has 0 amide bonds. The van der Waals surface area contributed by atoms with E-state index in [2.05, 4.69) is 22.4 Å². The Bertz CT molecular complexity index is 535. The number of rotatable bonds is 4. The molecule has 3 rings (SSSR count). The van der Waals surface area contributed by atoms with Gasteiger partial charge in [-0.2, -0.15) is 0 Å². The molecule has 1 aliphatic rings. The van der Waals surface area contributed by atoms with Crippen LogP contribution in [0, 0.1) is 0 Å². The molecule has 19 heavy (non-hydrogen) atoms. The molecule has 0 aliphatic carbocycles. The molecule has 0 bridgehead atoms. The second-order valence-corrected chi connectivity index (χ2v) is 5.15. The number of nitrogens with zero attached hydrogens (tertiary/aromatic N) is 1. The lowest BCUT2D eigenvalue weighted by atomic mass is 10.0. The smallest absolute Gasteiger partial charge is 0.138 e. The van der Waals surface area contributed by atoms with Gasteiger partial charge < -0.3 is 10.1 Å². The summed E-state index contributed by atoms with van der Waals surface area (Å²) >= 11 is 0. The van der Waals surface area contributed by atoms with Gasteiger partial charge in [0.25, 0.3) is 0 Å². The van der Waals surface area contributed by atoms with Crippen LogP contribution in [0.4, 0.5) is 0 Å². The first-order valence-electron chi connectivity index (χ1n) is 7.13. The van der Waals surface area contributed by atoms with E-state index < -0.39 is 0 Å². The van der Waals surface area contributed by atoms with Gasteiger partial charge in [0, 0.05) is 11.4 Å². The Balaban J connectivity index is 1.56. The number of aromatic nitrogens is 1. The fourth-order valence-electron chi connectivity index (χ4n) is 2.62. The maximum absolute atomic E-state index is 5.81. The third-order valence-electron chi connectivity index (χ3n) is 3.71. The molecule has 3 nitrogen and oxygen atoms in total. The molecule has 1 aromatic heterocycles. The summed E-state index contributed by atoms with van der Waals surface area (Å²) in [5.74, 6) is 0.870. The van der Waals surface area contributed by atoms with Crippen LogP contribution < -0.4 is 10.1 Å². The Morgan fingerprint density at radius 1 is 1.26 bits per heavy atom. The zero-order valence-corrected chi connectivity index (χ0v) is 11.1. The lowest BCUT2D eigenvalue weighted by molar-refractivity contribution is 0.268. The van der Waals surface area contributed by atoms with E-state index in [9.17, 15) is 0 Å². The Kier molecular flexibility index (Phi) is 3.94. The van der Waals surface area contributed by atoms with Crippen LogP contribution in [-0.4, -0.2) is 24.2 Å². The minimum atomic E-state index is 0.627. The standard InChI is InChI=1S/C16H20N2O/c1-2-7-16-13(5-1)11-15(12-18-16)19-10-8-14-6-3-4-9-17-14/h1-2,5,7,11-12,14,17H,3-4,6,8-10H2. The van der Waals surface area contributed by atoms with Crippen LogP contribution in [0.3, 0.4) is 0 Å². The number of para-hydroxylation sites is 1. The molecule has 0 radical (unpaired) electrons. The third-order valence-corrected chi connectivity index (χ3v) is 3.71. The molecule has 1 N–H and O–H groups in total. The Morgan fingerprint density at radius 3 is 3.11 bits per heavy atom. The van der Waals surface area contributed by atoms with E-state index in [-0.39, 0.29) is 0 Å². The van der Waals surface area contributed by atoms with Gasteiger partial charge in [-0.25, -0.2) is 0 Å².